The van der Waals surface area contributed by atoms with Gasteiger partial charge in [0.25, 0.3) is 0 Å². The number of benzene rings is 1. The number of nitrogens with two attached hydrogens (primary N) is 1. The molecule has 0 fully saturated rings. The molecule has 1 aromatic rings. The number of aryl methyl sites for hydroxylation is 2. The van der Waals surface area contributed by atoms with Gasteiger partial charge < -0.3 is 11.1 Å². The van der Waals surface area contributed by atoms with E-state index in [1.54, 1.807) is 0 Å². The first-order chi connectivity index (χ1) is 6.58. The van der Waals surface area contributed by atoms with Crippen molar-refractivity contribution >= 4 is 11.6 Å². The summed E-state index contributed by atoms with van der Waals surface area (Å²) in [5, 5.41) is 2.85. The lowest BCUT2D eigenvalue weighted by molar-refractivity contribution is -0.116. The summed E-state index contributed by atoms with van der Waals surface area (Å²) in [6, 6.07) is 3.91. The van der Waals surface area contributed by atoms with Crippen LogP contribution in [0.5, 0.6) is 0 Å². The number of rotatable bonds is 0. The summed E-state index contributed by atoms with van der Waals surface area (Å²) in [6.07, 6.45) is 0.386. The van der Waals surface area contributed by atoms with E-state index in [0.29, 0.717) is 6.42 Å². The van der Waals surface area contributed by atoms with Gasteiger partial charge in [0.15, 0.2) is 0 Å². The van der Waals surface area contributed by atoms with Gasteiger partial charge >= 0.3 is 0 Å². The Bertz CT molecular complexity index is 399. The standard InChI is InChI=1S/C11H14N2O/c1-6-3-7(2)11-8(12)5-10(14)13-9(11)4-6/h3-4,8H,5,12H2,1-2H3,(H,13,14). The highest BCUT2D eigenvalue weighted by Crippen LogP contribution is 2.32. The van der Waals surface area contributed by atoms with E-state index in [1.807, 2.05) is 19.9 Å². The fourth-order valence-electron chi connectivity index (χ4n) is 2.08. The van der Waals surface area contributed by atoms with Crippen LogP contribution in [0.25, 0.3) is 0 Å². The molecule has 1 aliphatic rings. The molecule has 1 unspecified atom stereocenters. The first kappa shape index (κ1) is 9.21. The van der Waals surface area contributed by atoms with E-state index in [9.17, 15) is 4.79 Å². The second-order valence-corrected chi connectivity index (χ2v) is 3.90. The molecule has 0 bridgehead atoms. The van der Waals surface area contributed by atoms with E-state index in [-0.39, 0.29) is 11.9 Å². The Kier molecular flexibility index (Phi) is 2.04. The fourth-order valence-corrected chi connectivity index (χ4v) is 2.08. The number of nitrogens with one attached hydrogen (secondary N) is 1. The van der Waals surface area contributed by atoms with Gasteiger partial charge in [-0.15, -0.1) is 0 Å². The summed E-state index contributed by atoms with van der Waals surface area (Å²) in [6.45, 7) is 4.04. The number of fused-ring (bicyclic) bond motifs is 1. The van der Waals surface area contributed by atoms with Gasteiger partial charge in [-0.25, -0.2) is 0 Å². The van der Waals surface area contributed by atoms with Crippen LogP contribution >= 0.6 is 0 Å². The first-order valence-corrected chi connectivity index (χ1v) is 4.74. The van der Waals surface area contributed by atoms with Crippen LogP contribution in [0.3, 0.4) is 0 Å². The molecule has 0 saturated heterocycles. The van der Waals surface area contributed by atoms with Crippen molar-refractivity contribution < 1.29 is 4.79 Å². The third-order valence-corrected chi connectivity index (χ3v) is 2.58. The summed E-state index contributed by atoms with van der Waals surface area (Å²) < 4.78 is 0. The number of hydrogen-bond donors (Lipinski definition) is 2. The van der Waals surface area contributed by atoms with Crippen LogP contribution in [-0.4, -0.2) is 5.91 Å². The van der Waals surface area contributed by atoms with E-state index in [1.165, 1.54) is 0 Å². The highest BCUT2D eigenvalue weighted by atomic mass is 16.1. The maximum absolute atomic E-state index is 11.3. The van der Waals surface area contributed by atoms with Crippen molar-refractivity contribution in [2.75, 3.05) is 5.32 Å². The second-order valence-electron chi connectivity index (χ2n) is 3.90. The van der Waals surface area contributed by atoms with Crippen LogP contribution in [0, 0.1) is 13.8 Å². The number of carbonyl (C=O) groups excluding carboxylic acids is 1. The molecular weight excluding hydrogens is 176 g/mol. The molecule has 1 aromatic carbocycles. The van der Waals surface area contributed by atoms with E-state index < -0.39 is 0 Å². The Labute approximate surface area is 83.3 Å². The maximum Gasteiger partial charge on any atom is 0.226 e. The van der Waals surface area contributed by atoms with Crippen molar-refractivity contribution in [1.82, 2.24) is 0 Å². The van der Waals surface area contributed by atoms with Crippen molar-refractivity contribution in [3.63, 3.8) is 0 Å². The van der Waals surface area contributed by atoms with Crippen LogP contribution in [-0.2, 0) is 4.79 Å². The zero-order valence-electron chi connectivity index (χ0n) is 8.42. The third-order valence-electron chi connectivity index (χ3n) is 2.58. The average Bonchev–Trinajstić information content (AvgIpc) is 1.99. The minimum atomic E-state index is -0.153. The van der Waals surface area contributed by atoms with Gasteiger partial charge in [-0.2, -0.15) is 0 Å². The highest BCUT2D eigenvalue weighted by molar-refractivity contribution is 5.95. The molecule has 1 atom stereocenters. The molecule has 1 aliphatic heterocycles. The molecule has 1 heterocycles. The summed E-state index contributed by atoms with van der Waals surface area (Å²) in [4.78, 5) is 11.3. The van der Waals surface area contributed by atoms with Crippen LogP contribution in [0.2, 0.25) is 0 Å². The van der Waals surface area contributed by atoms with Crippen LogP contribution in [0.4, 0.5) is 5.69 Å². The fraction of sp³-hybridized carbons (Fsp3) is 0.364. The largest absolute Gasteiger partial charge is 0.326 e. The van der Waals surface area contributed by atoms with Crippen molar-refractivity contribution in [1.29, 1.82) is 0 Å². The SMILES string of the molecule is Cc1cc(C)c2c(c1)NC(=O)CC2N. The molecular formula is C11H14N2O. The Morgan fingerprint density at radius 3 is 2.86 bits per heavy atom. The Balaban J connectivity index is 2.58. The number of amides is 1. The molecule has 0 saturated carbocycles. The molecule has 3 nitrogen and oxygen atoms in total. The summed E-state index contributed by atoms with van der Waals surface area (Å²) in [5.74, 6) is 0.00926. The summed E-state index contributed by atoms with van der Waals surface area (Å²) >= 11 is 0. The number of hydrogen-bond acceptors (Lipinski definition) is 2. The summed E-state index contributed by atoms with van der Waals surface area (Å²) in [7, 11) is 0. The zero-order chi connectivity index (χ0) is 10.3. The van der Waals surface area contributed by atoms with E-state index in [2.05, 4.69) is 11.4 Å². The first-order valence-electron chi connectivity index (χ1n) is 4.74. The highest BCUT2D eigenvalue weighted by Gasteiger charge is 2.23. The quantitative estimate of drug-likeness (QED) is 0.653. The Morgan fingerprint density at radius 1 is 1.43 bits per heavy atom. The normalized spacial score (nSPS) is 20.2. The minimum absolute atomic E-state index is 0.00926. The predicted molar refractivity (Wildman–Crippen MR) is 56.1 cm³/mol. The summed E-state index contributed by atoms with van der Waals surface area (Å²) in [5.41, 5.74) is 10.2. The number of anilines is 1. The zero-order valence-corrected chi connectivity index (χ0v) is 8.42. The van der Waals surface area contributed by atoms with Crippen molar-refractivity contribution in [2.45, 2.75) is 26.3 Å². The van der Waals surface area contributed by atoms with Crippen molar-refractivity contribution in [3.8, 4) is 0 Å². The smallest absolute Gasteiger partial charge is 0.226 e. The second kappa shape index (κ2) is 3.10. The molecule has 3 heteroatoms. The van der Waals surface area contributed by atoms with Crippen LogP contribution in [0.1, 0.15) is 29.2 Å². The third kappa shape index (κ3) is 1.40. The van der Waals surface area contributed by atoms with Crippen LogP contribution in [0.15, 0.2) is 12.1 Å². The lowest BCUT2D eigenvalue weighted by Crippen LogP contribution is -2.28. The van der Waals surface area contributed by atoms with Crippen LogP contribution < -0.4 is 11.1 Å². The monoisotopic (exact) mass is 190 g/mol. The van der Waals surface area contributed by atoms with E-state index >= 15 is 0 Å². The molecule has 74 valence electrons. The van der Waals surface area contributed by atoms with Gasteiger partial charge in [0, 0.05) is 18.2 Å². The van der Waals surface area contributed by atoms with Crippen molar-refractivity contribution in [2.24, 2.45) is 5.73 Å². The van der Waals surface area contributed by atoms with Gasteiger partial charge in [-0.05, 0) is 36.6 Å². The maximum atomic E-state index is 11.3. The van der Waals surface area contributed by atoms with Crippen molar-refractivity contribution in [3.05, 3.63) is 28.8 Å². The van der Waals surface area contributed by atoms with E-state index in [0.717, 1.165) is 22.4 Å². The van der Waals surface area contributed by atoms with Gasteiger partial charge in [-0.3, -0.25) is 4.79 Å². The molecule has 14 heavy (non-hydrogen) atoms. The molecule has 0 spiro atoms. The minimum Gasteiger partial charge on any atom is -0.326 e. The predicted octanol–water partition coefficient (Wildman–Crippen LogP) is 1.65. The molecule has 0 aromatic heterocycles. The molecule has 0 radical (unpaired) electrons. The average molecular weight is 190 g/mol. The molecule has 0 aliphatic carbocycles. The van der Waals surface area contributed by atoms with Gasteiger partial charge in [0.05, 0.1) is 0 Å². The topological polar surface area (TPSA) is 55.1 Å². The molecule has 2 rings (SSSR count). The molecule has 1 amide bonds. The molecule has 3 N–H and O–H groups in total. The van der Waals surface area contributed by atoms with Gasteiger partial charge in [0.1, 0.15) is 0 Å². The lowest BCUT2D eigenvalue weighted by Gasteiger charge is -2.24. The van der Waals surface area contributed by atoms with Gasteiger partial charge in [0.2, 0.25) is 5.91 Å². The van der Waals surface area contributed by atoms with E-state index in [4.69, 9.17) is 5.73 Å². The Hall–Kier alpha value is -1.35. The lowest BCUT2D eigenvalue weighted by atomic mass is 9.92. The van der Waals surface area contributed by atoms with Gasteiger partial charge in [-0.1, -0.05) is 6.07 Å². The Morgan fingerprint density at radius 2 is 2.14 bits per heavy atom. The number of carbonyl (C=O) groups is 1.